The van der Waals surface area contributed by atoms with E-state index in [9.17, 15) is 0 Å². The molecule has 5 atom stereocenters. The zero-order valence-corrected chi connectivity index (χ0v) is 25.5. The van der Waals surface area contributed by atoms with Crippen LogP contribution in [0.25, 0.3) is 0 Å². The van der Waals surface area contributed by atoms with E-state index in [2.05, 4.69) is 43.3 Å². The summed E-state index contributed by atoms with van der Waals surface area (Å²) in [5, 5.41) is 0. The van der Waals surface area contributed by atoms with Crippen molar-refractivity contribution in [2.24, 2.45) is 0 Å². The maximum Gasteiger partial charge on any atom is 0.229 e. The second-order valence-corrected chi connectivity index (χ2v) is 11.0. The maximum atomic E-state index is 6.74. The van der Waals surface area contributed by atoms with Gasteiger partial charge in [0.2, 0.25) is 6.29 Å². The summed E-state index contributed by atoms with van der Waals surface area (Å²) in [4.78, 5) is 0. The molecule has 1 aliphatic heterocycles. The van der Waals surface area contributed by atoms with Gasteiger partial charge in [-0.05, 0) is 35.2 Å². The molecule has 1 aliphatic rings. The minimum absolute atomic E-state index is 0.302. The first-order valence-corrected chi connectivity index (χ1v) is 15.7. The normalized spacial score (nSPS) is 21.6. The van der Waals surface area contributed by atoms with Crippen molar-refractivity contribution in [1.82, 2.24) is 0 Å². The summed E-state index contributed by atoms with van der Waals surface area (Å²) in [6.07, 6.45) is 0.463. The van der Waals surface area contributed by atoms with Crippen LogP contribution in [0.15, 0.2) is 121 Å². The molecule has 5 rings (SSSR count). The summed E-state index contributed by atoms with van der Waals surface area (Å²) >= 11 is 0. The first-order valence-electron chi connectivity index (χ1n) is 15.7. The topological polar surface area (TPSA) is 55.4 Å². The number of unbranched alkanes of at least 4 members (excludes halogenated alkanes) is 2. The maximum absolute atomic E-state index is 6.74. The van der Waals surface area contributed by atoms with Crippen LogP contribution in [-0.4, -0.2) is 43.9 Å². The third kappa shape index (κ3) is 9.74. The fraction of sp³-hybridized carbons (Fsp3) is 0.368. The van der Waals surface area contributed by atoms with Crippen molar-refractivity contribution in [2.75, 3.05) is 13.2 Å². The van der Waals surface area contributed by atoms with Gasteiger partial charge in [-0.25, -0.2) is 0 Å². The van der Waals surface area contributed by atoms with E-state index >= 15 is 0 Å². The number of ether oxygens (including phenoxy) is 6. The van der Waals surface area contributed by atoms with Crippen molar-refractivity contribution in [1.29, 1.82) is 0 Å². The number of rotatable bonds is 17. The van der Waals surface area contributed by atoms with Gasteiger partial charge in [-0.15, -0.1) is 0 Å². The molecule has 4 aromatic carbocycles. The quantitative estimate of drug-likeness (QED) is 0.116. The molecule has 1 heterocycles. The number of hydrogen-bond donors (Lipinski definition) is 0. The fourth-order valence-electron chi connectivity index (χ4n) is 5.28. The van der Waals surface area contributed by atoms with Crippen molar-refractivity contribution in [3.05, 3.63) is 138 Å². The molecule has 44 heavy (non-hydrogen) atoms. The minimum Gasteiger partial charge on any atom is -0.462 e. The van der Waals surface area contributed by atoms with Crippen LogP contribution in [-0.2, 0) is 43.5 Å². The molecule has 4 aromatic rings. The summed E-state index contributed by atoms with van der Waals surface area (Å²) in [6.45, 7) is 4.33. The Balaban J connectivity index is 1.43. The third-order valence-corrected chi connectivity index (χ3v) is 7.61. The van der Waals surface area contributed by atoms with Crippen molar-refractivity contribution < 1.29 is 28.4 Å². The summed E-state index contributed by atoms with van der Waals surface area (Å²) in [7, 11) is 0. The Hall–Kier alpha value is -3.52. The predicted molar refractivity (Wildman–Crippen MR) is 171 cm³/mol. The molecule has 1 saturated heterocycles. The van der Waals surface area contributed by atoms with Crippen molar-refractivity contribution >= 4 is 0 Å². The van der Waals surface area contributed by atoms with Crippen LogP contribution in [0.4, 0.5) is 0 Å². The van der Waals surface area contributed by atoms with Gasteiger partial charge < -0.3 is 28.4 Å². The van der Waals surface area contributed by atoms with Gasteiger partial charge in [0.05, 0.1) is 26.4 Å². The van der Waals surface area contributed by atoms with Crippen molar-refractivity contribution in [2.45, 2.75) is 76.7 Å². The monoisotopic (exact) mass is 596 g/mol. The number of hydrogen-bond acceptors (Lipinski definition) is 6. The van der Waals surface area contributed by atoms with E-state index < -0.39 is 30.7 Å². The molecule has 0 bridgehead atoms. The highest BCUT2D eigenvalue weighted by Crippen LogP contribution is 2.32. The Kier molecular flexibility index (Phi) is 12.8. The minimum atomic E-state index is -0.721. The average Bonchev–Trinajstić information content (AvgIpc) is 3.08. The molecule has 6 heteroatoms. The summed E-state index contributed by atoms with van der Waals surface area (Å²) in [5.41, 5.74) is 3.24. The van der Waals surface area contributed by atoms with Gasteiger partial charge in [0, 0.05) is 6.61 Å². The number of para-hydroxylation sites is 1. The van der Waals surface area contributed by atoms with Crippen LogP contribution in [0.5, 0.6) is 5.75 Å². The van der Waals surface area contributed by atoms with Gasteiger partial charge in [0.15, 0.2) is 0 Å². The highest BCUT2D eigenvalue weighted by molar-refractivity contribution is 5.22. The second-order valence-electron chi connectivity index (χ2n) is 11.0. The Morgan fingerprint density at radius 1 is 0.545 bits per heavy atom. The molecule has 0 aromatic heterocycles. The Bertz CT molecular complexity index is 1300. The van der Waals surface area contributed by atoms with Gasteiger partial charge in [-0.2, -0.15) is 0 Å². The predicted octanol–water partition coefficient (Wildman–Crippen LogP) is 7.75. The van der Waals surface area contributed by atoms with E-state index in [1.807, 2.05) is 84.9 Å². The molecule has 0 spiro atoms. The largest absolute Gasteiger partial charge is 0.462 e. The molecule has 0 unspecified atom stereocenters. The molecule has 0 N–H and O–H groups in total. The van der Waals surface area contributed by atoms with Crippen molar-refractivity contribution in [3.8, 4) is 5.75 Å². The van der Waals surface area contributed by atoms with E-state index in [-0.39, 0.29) is 0 Å². The van der Waals surface area contributed by atoms with Crippen molar-refractivity contribution in [3.63, 3.8) is 0 Å². The van der Waals surface area contributed by atoms with E-state index in [0.717, 1.165) is 36.0 Å². The Morgan fingerprint density at radius 2 is 1.07 bits per heavy atom. The van der Waals surface area contributed by atoms with E-state index in [1.54, 1.807) is 0 Å². The lowest BCUT2D eigenvalue weighted by atomic mass is 9.97. The van der Waals surface area contributed by atoms with Gasteiger partial charge in [-0.3, -0.25) is 0 Å². The Morgan fingerprint density at radius 3 is 1.64 bits per heavy atom. The van der Waals surface area contributed by atoms with E-state index in [4.69, 9.17) is 28.4 Å². The Labute approximate surface area is 261 Å². The molecule has 232 valence electrons. The highest BCUT2D eigenvalue weighted by atomic mass is 16.7. The van der Waals surface area contributed by atoms with E-state index in [1.165, 1.54) is 0 Å². The van der Waals surface area contributed by atoms with Gasteiger partial charge in [0.1, 0.15) is 30.2 Å². The lowest BCUT2D eigenvalue weighted by Crippen LogP contribution is -2.62. The molecule has 0 saturated carbocycles. The summed E-state index contributed by atoms with van der Waals surface area (Å²) in [5.74, 6) is 0.703. The first-order chi connectivity index (χ1) is 21.8. The average molecular weight is 597 g/mol. The fourth-order valence-corrected chi connectivity index (χ4v) is 5.28. The van der Waals surface area contributed by atoms with Crippen LogP contribution in [0.3, 0.4) is 0 Å². The first kappa shape index (κ1) is 31.9. The van der Waals surface area contributed by atoms with Crippen LogP contribution >= 0.6 is 0 Å². The van der Waals surface area contributed by atoms with E-state index in [0.29, 0.717) is 38.8 Å². The lowest BCUT2D eigenvalue weighted by molar-refractivity contribution is -0.308. The standard InChI is InChI=1S/C38H44O6/c1-2-3-16-25-40-37-36(42-28-32-21-12-6-13-22-32)35(41-27-31-19-10-5-11-20-31)34(29-39-26-30-17-8-4-9-18-30)44-38(37)43-33-23-14-7-15-24-33/h4-15,17-24,34-38H,2-3,16,25-29H2,1H3/t34-,35-,36+,37+,38-/m1/s1. The zero-order valence-electron chi connectivity index (χ0n) is 25.5. The lowest BCUT2D eigenvalue weighted by Gasteiger charge is -2.45. The molecule has 0 radical (unpaired) electrons. The van der Waals surface area contributed by atoms with Crippen LogP contribution < -0.4 is 4.74 Å². The summed E-state index contributed by atoms with van der Waals surface area (Å²) in [6, 6.07) is 40.2. The van der Waals surface area contributed by atoms with Gasteiger partial charge in [-0.1, -0.05) is 129 Å². The molecule has 0 aliphatic carbocycles. The van der Waals surface area contributed by atoms with Crippen LogP contribution in [0, 0.1) is 0 Å². The van der Waals surface area contributed by atoms with Crippen LogP contribution in [0.1, 0.15) is 42.9 Å². The molecule has 0 amide bonds. The zero-order chi connectivity index (χ0) is 30.2. The third-order valence-electron chi connectivity index (χ3n) is 7.61. The molecular weight excluding hydrogens is 552 g/mol. The summed E-state index contributed by atoms with van der Waals surface area (Å²) < 4.78 is 39.4. The smallest absolute Gasteiger partial charge is 0.229 e. The number of benzene rings is 4. The molecule has 6 nitrogen and oxygen atoms in total. The van der Waals surface area contributed by atoms with Gasteiger partial charge in [0.25, 0.3) is 0 Å². The highest BCUT2D eigenvalue weighted by Gasteiger charge is 2.49. The van der Waals surface area contributed by atoms with Gasteiger partial charge >= 0.3 is 0 Å². The molecular formula is C38H44O6. The second kappa shape index (κ2) is 17.7. The SMILES string of the molecule is CCCCCO[C@@H]1[C@H](Oc2ccccc2)O[C@H](COCc2ccccc2)[C@@H](OCc2ccccc2)[C@@H]1OCc1ccccc1. The molecule has 1 fully saturated rings. The van der Waals surface area contributed by atoms with Crippen LogP contribution in [0.2, 0.25) is 0 Å².